The number of imidazole rings is 1. The van der Waals surface area contributed by atoms with Crippen LogP contribution in [0.25, 0.3) is 0 Å². The van der Waals surface area contributed by atoms with Gasteiger partial charge in [-0.3, -0.25) is 0 Å². The van der Waals surface area contributed by atoms with Crippen LogP contribution in [0.5, 0.6) is 0 Å². The molecular weight excluding hydrogens is 210 g/mol. The molecule has 0 bridgehead atoms. The number of hydrogen-bond donors (Lipinski definition) is 1. The Balaban J connectivity index is 2.22. The Morgan fingerprint density at radius 1 is 1.18 bits per heavy atom. The van der Waals surface area contributed by atoms with Crippen LogP contribution in [0.4, 0.5) is 0 Å². The lowest BCUT2D eigenvalue weighted by molar-refractivity contribution is 0.676. The van der Waals surface area contributed by atoms with E-state index in [1.165, 1.54) is 16.8 Å². The van der Waals surface area contributed by atoms with E-state index in [9.17, 15) is 0 Å². The zero-order valence-corrected chi connectivity index (χ0v) is 10.7. The molecule has 1 aromatic heterocycles. The van der Waals surface area contributed by atoms with Crippen LogP contribution in [-0.4, -0.2) is 16.6 Å². The van der Waals surface area contributed by atoms with Crippen LogP contribution < -0.4 is 5.32 Å². The molecular formula is C14H19N3. The van der Waals surface area contributed by atoms with Crippen molar-refractivity contribution in [1.29, 1.82) is 0 Å². The zero-order chi connectivity index (χ0) is 12.3. The van der Waals surface area contributed by atoms with Gasteiger partial charge in [0.25, 0.3) is 0 Å². The van der Waals surface area contributed by atoms with Crippen LogP contribution in [0.1, 0.15) is 22.6 Å². The van der Waals surface area contributed by atoms with Gasteiger partial charge in [0, 0.05) is 19.3 Å². The lowest BCUT2D eigenvalue weighted by Gasteiger charge is -2.10. The van der Waals surface area contributed by atoms with E-state index in [2.05, 4.69) is 46.1 Å². The Morgan fingerprint density at radius 3 is 2.53 bits per heavy atom. The zero-order valence-electron chi connectivity index (χ0n) is 10.7. The summed E-state index contributed by atoms with van der Waals surface area (Å²) < 4.78 is 2.25. The molecule has 0 saturated carbocycles. The third-order valence-corrected chi connectivity index (χ3v) is 2.96. The van der Waals surface area contributed by atoms with Crippen LogP contribution in [-0.2, 0) is 13.1 Å². The predicted octanol–water partition coefficient (Wildman–Crippen LogP) is 2.27. The third-order valence-electron chi connectivity index (χ3n) is 2.96. The molecule has 0 aliphatic carbocycles. The first-order chi connectivity index (χ1) is 8.20. The molecule has 0 amide bonds. The molecule has 17 heavy (non-hydrogen) atoms. The summed E-state index contributed by atoms with van der Waals surface area (Å²) in [5, 5.41) is 3.17. The summed E-state index contributed by atoms with van der Waals surface area (Å²) in [6, 6.07) is 8.66. The summed E-state index contributed by atoms with van der Waals surface area (Å²) in [6.07, 6.45) is 1.94. The Labute approximate surface area is 103 Å². The molecule has 0 atom stereocenters. The predicted molar refractivity (Wildman–Crippen MR) is 70.0 cm³/mol. The van der Waals surface area contributed by atoms with Crippen LogP contribution in [0, 0.1) is 13.8 Å². The molecule has 1 heterocycles. The first-order valence-corrected chi connectivity index (χ1v) is 5.92. The van der Waals surface area contributed by atoms with Crippen molar-refractivity contribution in [2.45, 2.75) is 26.9 Å². The van der Waals surface area contributed by atoms with Gasteiger partial charge in [-0.2, -0.15) is 0 Å². The average Bonchev–Trinajstić information content (AvgIpc) is 2.65. The largest absolute Gasteiger partial charge is 0.327 e. The Kier molecular flexibility index (Phi) is 3.59. The number of nitrogens with one attached hydrogen (secondary N) is 1. The van der Waals surface area contributed by atoms with Crippen LogP contribution in [0.3, 0.4) is 0 Å². The molecule has 0 fully saturated rings. The fourth-order valence-corrected chi connectivity index (χ4v) is 1.93. The van der Waals surface area contributed by atoms with Gasteiger partial charge in [-0.25, -0.2) is 4.98 Å². The highest BCUT2D eigenvalue weighted by atomic mass is 15.1. The molecule has 2 aromatic rings. The lowest BCUT2D eigenvalue weighted by atomic mass is 10.1. The van der Waals surface area contributed by atoms with Crippen molar-refractivity contribution < 1.29 is 0 Å². The molecule has 0 spiro atoms. The minimum Gasteiger partial charge on any atom is -0.327 e. The number of aromatic nitrogens is 2. The fraction of sp³-hybridized carbons (Fsp3) is 0.357. The molecule has 0 radical (unpaired) electrons. The van der Waals surface area contributed by atoms with Crippen molar-refractivity contribution >= 4 is 0 Å². The molecule has 0 aliphatic heterocycles. The molecule has 0 aliphatic rings. The Hall–Kier alpha value is -1.61. The summed E-state index contributed by atoms with van der Waals surface area (Å²) in [5.41, 5.74) is 3.84. The van der Waals surface area contributed by atoms with Gasteiger partial charge in [0.1, 0.15) is 5.82 Å². The van der Waals surface area contributed by atoms with Crippen LogP contribution >= 0.6 is 0 Å². The Morgan fingerprint density at radius 2 is 1.88 bits per heavy atom. The van der Waals surface area contributed by atoms with Crippen LogP contribution in [0.15, 0.2) is 30.5 Å². The summed E-state index contributed by atoms with van der Waals surface area (Å²) in [6.45, 7) is 5.90. The molecule has 1 N–H and O–H groups in total. The molecule has 90 valence electrons. The summed E-state index contributed by atoms with van der Waals surface area (Å²) in [4.78, 5) is 4.37. The van der Waals surface area contributed by atoms with E-state index >= 15 is 0 Å². The van der Waals surface area contributed by atoms with E-state index in [4.69, 9.17) is 0 Å². The van der Waals surface area contributed by atoms with E-state index in [0.717, 1.165) is 18.9 Å². The summed E-state index contributed by atoms with van der Waals surface area (Å²) >= 11 is 0. The maximum atomic E-state index is 4.37. The van der Waals surface area contributed by atoms with E-state index in [1.54, 1.807) is 0 Å². The number of aryl methyl sites for hydroxylation is 2. The van der Waals surface area contributed by atoms with E-state index in [1.807, 2.05) is 20.2 Å². The molecule has 3 heteroatoms. The van der Waals surface area contributed by atoms with Gasteiger partial charge >= 0.3 is 0 Å². The van der Waals surface area contributed by atoms with Gasteiger partial charge in [0.05, 0.1) is 5.69 Å². The number of benzene rings is 1. The maximum absolute atomic E-state index is 4.37. The van der Waals surface area contributed by atoms with E-state index in [-0.39, 0.29) is 0 Å². The molecule has 1 aromatic carbocycles. The van der Waals surface area contributed by atoms with Gasteiger partial charge < -0.3 is 9.88 Å². The van der Waals surface area contributed by atoms with Crippen molar-refractivity contribution in [3.63, 3.8) is 0 Å². The summed E-state index contributed by atoms with van der Waals surface area (Å²) in [5.74, 6) is 1.07. The van der Waals surface area contributed by atoms with Gasteiger partial charge in [-0.1, -0.05) is 29.8 Å². The first-order valence-electron chi connectivity index (χ1n) is 5.92. The van der Waals surface area contributed by atoms with Crippen LogP contribution in [0.2, 0.25) is 0 Å². The summed E-state index contributed by atoms with van der Waals surface area (Å²) in [7, 11) is 1.96. The second-order valence-electron chi connectivity index (χ2n) is 4.40. The monoisotopic (exact) mass is 229 g/mol. The van der Waals surface area contributed by atoms with Crippen molar-refractivity contribution in [3.05, 3.63) is 53.1 Å². The van der Waals surface area contributed by atoms with E-state index in [0.29, 0.717) is 0 Å². The van der Waals surface area contributed by atoms with Crippen molar-refractivity contribution in [1.82, 2.24) is 14.9 Å². The molecule has 3 nitrogen and oxygen atoms in total. The topological polar surface area (TPSA) is 29.9 Å². The molecule has 2 rings (SSSR count). The van der Waals surface area contributed by atoms with Gasteiger partial charge in [0.15, 0.2) is 0 Å². The lowest BCUT2D eigenvalue weighted by Crippen LogP contribution is -2.12. The molecule has 0 saturated heterocycles. The maximum Gasteiger partial charge on any atom is 0.106 e. The van der Waals surface area contributed by atoms with Crippen molar-refractivity contribution in [2.24, 2.45) is 0 Å². The number of hydrogen-bond acceptors (Lipinski definition) is 2. The van der Waals surface area contributed by atoms with E-state index < -0.39 is 0 Å². The smallest absolute Gasteiger partial charge is 0.106 e. The quantitative estimate of drug-likeness (QED) is 0.871. The average molecular weight is 229 g/mol. The van der Waals surface area contributed by atoms with Gasteiger partial charge in [-0.05, 0) is 26.5 Å². The minimum absolute atomic E-state index is 0.854. The highest BCUT2D eigenvalue weighted by Gasteiger charge is 2.06. The van der Waals surface area contributed by atoms with Gasteiger partial charge in [-0.15, -0.1) is 0 Å². The van der Waals surface area contributed by atoms with Crippen molar-refractivity contribution in [3.8, 4) is 0 Å². The third kappa shape index (κ3) is 2.74. The highest BCUT2D eigenvalue weighted by Crippen LogP contribution is 2.10. The minimum atomic E-state index is 0.854. The van der Waals surface area contributed by atoms with Gasteiger partial charge in [0.2, 0.25) is 0 Å². The fourth-order valence-electron chi connectivity index (χ4n) is 1.93. The number of nitrogens with zero attached hydrogens (tertiary/aromatic N) is 2. The Bertz CT molecular complexity index is 483. The second kappa shape index (κ2) is 5.15. The normalized spacial score (nSPS) is 10.8. The second-order valence-corrected chi connectivity index (χ2v) is 4.40. The highest BCUT2D eigenvalue weighted by molar-refractivity contribution is 5.22. The van der Waals surface area contributed by atoms with Crippen molar-refractivity contribution in [2.75, 3.05) is 7.05 Å². The molecule has 0 unspecified atom stereocenters. The first kappa shape index (κ1) is 11.9. The standard InChI is InChI=1S/C14H19N3/c1-11-4-6-13(7-5-11)10-17-12(2)16-9-14(17)8-15-3/h4-7,9,15H,8,10H2,1-3H3. The SMILES string of the molecule is CNCc1cnc(C)n1Cc1ccc(C)cc1. The number of rotatable bonds is 4.